The zero-order valence-electron chi connectivity index (χ0n) is 19.0. The molecule has 8 heteroatoms. The van der Waals surface area contributed by atoms with Gasteiger partial charge in [0.2, 0.25) is 0 Å². The fourth-order valence-electron chi connectivity index (χ4n) is 3.65. The first-order chi connectivity index (χ1) is 16.3. The highest BCUT2D eigenvalue weighted by molar-refractivity contribution is 9.10. The monoisotopic (exact) mass is 521 g/mol. The number of aromatic nitrogens is 2. The molecule has 1 heterocycles. The summed E-state index contributed by atoms with van der Waals surface area (Å²) < 4.78 is 7.82. The van der Waals surface area contributed by atoms with E-state index >= 15 is 0 Å². The highest BCUT2D eigenvalue weighted by Gasteiger charge is 2.18. The fraction of sp³-hybridized carbons (Fsp3) is 0.231. The molecular weight excluding hydrogens is 498 g/mol. The van der Waals surface area contributed by atoms with E-state index in [0.717, 1.165) is 21.7 Å². The van der Waals surface area contributed by atoms with E-state index in [1.807, 2.05) is 56.3 Å². The summed E-state index contributed by atoms with van der Waals surface area (Å²) in [5.41, 5.74) is 0.918. The van der Waals surface area contributed by atoms with E-state index < -0.39 is 12.1 Å². The van der Waals surface area contributed by atoms with Crippen LogP contribution in [0.1, 0.15) is 44.5 Å². The van der Waals surface area contributed by atoms with Crippen LogP contribution in [0.4, 0.5) is 0 Å². The lowest BCUT2D eigenvalue weighted by Crippen LogP contribution is -2.24. The number of halogens is 1. The molecule has 0 aliphatic rings. The van der Waals surface area contributed by atoms with Crippen molar-refractivity contribution in [3.8, 4) is 5.75 Å². The smallest absolute Gasteiger partial charge is 0.344 e. The number of nitrogens with zero attached hydrogens (tertiary/aromatic N) is 3. The maximum Gasteiger partial charge on any atom is 0.344 e. The minimum atomic E-state index is -1.07. The van der Waals surface area contributed by atoms with E-state index in [4.69, 9.17) is 9.72 Å². The molecule has 0 saturated heterocycles. The number of ether oxygens (including phenoxy) is 1. The minimum absolute atomic E-state index is 0.00633. The van der Waals surface area contributed by atoms with E-state index in [1.54, 1.807) is 18.3 Å². The molecule has 34 heavy (non-hydrogen) atoms. The molecule has 0 fully saturated rings. The van der Waals surface area contributed by atoms with Crippen LogP contribution < -0.4 is 10.3 Å². The number of rotatable bonds is 7. The van der Waals surface area contributed by atoms with Gasteiger partial charge in [-0.05, 0) is 48.4 Å². The van der Waals surface area contributed by atoms with Gasteiger partial charge in [-0.2, -0.15) is 9.78 Å². The minimum Gasteiger partial charge on any atom is -0.479 e. The first-order valence-electron chi connectivity index (χ1n) is 11.0. The Morgan fingerprint density at radius 1 is 1.18 bits per heavy atom. The number of carbonyl (C=O) groups is 1. The van der Waals surface area contributed by atoms with Crippen LogP contribution in [0.15, 0.2) is 69.0 Å². The van der Waals surface area contributed by atoms with Gasteiger partial charge in [0, 0.05) is 16.0 Å². The van der Waals surface area contributed by atoms with Crippen molar-refractivity contribution in [3.05, 3.63) is 80.8 Å². The molecule has 1 N–H and O–H groups in total. The number of hydrogen-bond acceptors (Lipinski definition) is 5. The maximum absolute atomic E-state index is 13.4. The van der Waals surface area contributed by atoms with Crippen molar-refractivity contribution in [2.24, 2.45) is 5.10 Å². The molecule has 0 unspecified atom stereocenters. The van der Waals surface area contributed by atoms with Gasteiger partial charge < -0.3 is 9.84 Å². The van der Waals surface area contributed by atoms with E-state index in [0.29, 0.717) is 28.0 Å². The summed E-state index contributed by atoms with van der Waals surface area (Å²) in [6.07, 6.45) is 1.28. The Morgan fingerprint density at radius 2 is 1.94 bits per heavy atom. The lowest BCUT2D eigenvalue weighted by molar-refractivity contribution is -0.144. The topological polar surface area (TPSA) is 93.8 Å². The van der Waals surface area contributed by atoms with Gasteiger partial charge in [0.1, 0.15) is 11.6 Å². The van der Waals surface area contributed by atoms with Crippen molar-refractivity contribution < 1.29 is 14.6 Å². The van der Waals surface area contributed by atoms with Crippen LogP contribution in [0.25, 0.3) is 21.7 Å². The Labute approximate surface area is 204 Å². The second kappa shape index (κ2) is 9.77. The largest absolute Gasteiger partial charge is 0.479 e. The molecule has 1 aromatic heterocycles. The van der Waals surface area contributed by atoms with Crippen molar-refractivity contribution in [1.29, 1.82) is 0 Å². The Morgan fingerprint density at radius 3 is 2.68 bits per heavy atom. The predicted octanol–water partition coefficient (Wildman–Crippen LogP) is 5.56. The number of fused-ring (bicyclic) bond motifs is 2. The molecule has 0 amide bonds. The standard InChI is InChI=1S/C26H24BrN3O4/c1-4-15(2)24-29-22-11-10-18(27)13-20(22)25(31)30(24)28-14-21-19-8-6-5-7-17(19)9-12-23(21)34-16(3)26(32)33/h5-16H,4H2,1-3H3,(H,32,33)/t15-,16+/m0/s1. The van der Waals surface area contributed by atoms with Crippen molar-refractivity contribution >= 4 is 49.8 Å². The summed E-state index contributed by atoms with van der Waals surface area (Å²) in [5, 5.41) is 16.1. The Balaban J connectivity index is 1.93. The average molecular weight is 522 g/mol. The lowest BCUT2D eigenvalue weighted by atomic mass is 10.0. The zero-order chi connectivity index (χ0) is 24.4. The molecule has 3 aromatic carbocycles. The van der Waals surface area contributed by atoms with Crippen molar-refractivity contribution in [1.82, 2.24) is 9.66 Å². The third kappa shape index (κ3) is 4.59. The van der Waals surface area contributed by atoms with Crippen LogP contribution >= 0.6 is 15.9 Å². The highest BCUT2D eigenvalue weighted by Crippen LogP contribution is 2.28. The van der Waals surface area contributed by atoms with E-state index in [1.165, 1.54) is 11.6 Å². The van der Waals surface area contributed by atoms with Crippen molar-refractivity contribution in [3.63, 3.8) is 0 Å². The lowest BCUT2D eigenvalue weighted by Gasteiger charge is -2.16. The third-order valence-corrected chi connectivity index (χ3v) is 6.26. The normalized spacial score (nSPS) is 13.4. The number of aliphatic carboxylic acids is 1. The highest BCUT2D eigenvalue weighted by atomic mass is 79.9. The molecule has 0 radical (unpaired) electrons. The SMILES string of the molecule is CC[C@H](C)c1nc2ccc(Br)cc2c(=O)n1N=Cc1c(O[C@H](C)C(=O)O)ccc2ccccc12. The van der Waals surface area contributed by atoms with Crippen LogP contribution in [0.2, 0.25) is 0 Å². The maximum atomic E-state index is 13.4. The summed E-state index contributed by atoms with van der Waals surface area (Å²) in [4.78, 5) is 29.6. The molecule has 0 aliphatic carbocycles. The molecule has 4 rings (SSSR count). The second-order valence-corrected chi connectivity index (χ2v) is 9.01. The molecule has 174 valence electrons. The van der Waals surface area contributed by atoms with Crippen molar-refractivity contribution in [2.75, 3.05) is 0 Å². The van der Waals surface area contributed by atoms with E-state index in [-0.39, 0.29) is 11.5 Å². The molecule has 0 bridgehead atoms. The van der Waals surface area contributed by atoms with Crippen LogP contribution in [-0.4, -0.2) is 33.1 Å². The predicted molar refractivity (Wildman–Crippen MR) is 137 cm³/mol. The summed E-state index contributed by atoms with van der Waals surface area (Å²) in [5.74, 6) is -0.157. The summed E-state index contributed by atoms with van der Waals surface area (Å²) in [6.45, 7) is 5.50. The Hall–Kier alpha value is -3.52. The molecule has 0 spiro atoms. The first-order valence-corrected chi connectivity index (χ1v) is 11.8. The molecular formula is C26H24BrN3O4. The van der Waals surface area contributed by atoms with Gasteiger partial charge >= 0.3 is 5.97 Å². The quantitative estimate of drug-likeness (QED) is 0.321. The summed E-state index contributed by atoms with van der Waals surface area (Å²) >= 11 is 3.42. The number of carboxylic acids is 1. The van der Waals surface area contributed by atoms with E-state index in [9.17, 15) is 14.7 Å². The zero-order valence-corrected chi connectivity index (χ0v) is 20.6. The van der Waals surface area contributed by atoms with Gasteiger partial charge in [-0.3, -0.25) is 4.79 Å². The van der Waals surface area contributed by atoms with Gasteiger partial charge in [-0.15, -0.1) is 0 Å². The van der Waals surface area contributed by atoms with Gasteiger partial charge in [0.05, 0.1) is 17.1 Å². The Kier molecular flexibility index (Phi) is 6.79. The van der Waals surface area contributed by atoms with Gasteiger partial charge in [0.15, 0.2) is 6.10 Å². The molecule has 0 aliphatic heterocycles. The number of hydrogen-bond donors (Lipinski definition) is 1. The van der Waals surface area contributed by atoms with Gasteiger partial charge in [-0.1, -0.05) is 60.1 Å². The van der Waals surface area contributed by atoms with Crippen LogP contribution in [-0.2, 0) is 4.79 Å². The summed E-state index contributed by atoms with van der Waals surface area (Å²) in [6, 6.07) is 16.6. The molecule has 7 nitrogen and oxygen atoms in total. The second-order valence-electron chi connectivity index (χ2n) is 8.10. The third-order valence-electron chi connectivity index (χ3n) is 5.77. The number of benzene rings is 3. The number of carboxylic acid groups (broad SMARTS) is 1. The van der Waals surface area contributed by atoms with Gasteiger partial charge in [0.25, 0.3) is 5.56 Å². The van der Waals surface area contributed by atoms with Crippen LogP contribution in [0.3, 0.4) is 0 Å². The van der Waals surface area contributed by atoms with Crippen LogP contribution in [0, 0.1) is 0 Å². The molecule has 0 saturated carbocycles. The van der Waals surface area contributed by atoms with Crippen LogP contribution in [0.5, 0.6) is 5.75 Å². The average Bonchev–Trinajstić information content (AvgIpc) is 2.83. The summed E-state index contributed by atoms with van der Waals surface area (Å²) in [7, 11) is 0. The fourth-order valence-corrected chi connectivity index (χ4v) is 4.01. The first kappa shape index (κ1) is 23.6. The molecule has 2 atom stereocenters. The Bertz CT molecular complexity index is 1480. The van der Waals surface area contributed by atoms with Gasteiger partial charge in [-0.25, -0.2) is 9.78 Å². The van der Waals surface area contributed by atoms with Crippen molar-refractivity contribution in [2.45, 2.75) is 39.2 Å². The van der Waals surface area contributed by atoms with E-state index in [2.05, 4.69) is 21.0 Å². The molecule has 4 aromatic rings.